The quantitative estimate of drug-likeness (QED) is 0.248. The fourth-order valence-electron chi connectivity index (χ4n) is 4.76. The van der Waals surface area contributed by atoms with Gasteiger partial charge in [-0.25, -0.2) is 14.7 Å². The Morgan fingerprint density at radius 3 is 2.45 bits per heavy atom. The van der Waals surface area contributed by atoms with Crippen molar-refractivity contribution in [1.29, 1.82) is 0 Å². The van der Waals surface area contributed by atoms with Crippen molar-refractivity contribution < 1.29 is 19.1 Å². The van der Waals surface area contributed by atoms with Crippen LogP contribution in [0.5, 0.6) is 0 Å². The van der Waals surface area contributed by atoms with E-state index in [1.165, 1.54) is 30.2 Å². The summed E-state index contributed by atoms with van der Waals surface area (Å²) < 4.78 is 8.03. The number of amides is 3. The molecule has 1 aliphatic rings. The number of hydrogen-bond donors (Lipinski definition) is 1. The molecule has 9 nitrogen and oxygen atoms in total. The Kier molecular flexibility index (Phi) is 11.4. The number of aromatic nitrogens is 1. The number of rotatable bonds is 8. The molecule has 4 rings (SSSR count). The van der Waals surface area contributed by atoms with Crippen LogP contribution in [0.15, 0.2) is 52.2 Å². The second-order valence-electron chi connectivity index (χ2n) is 11.7. The normalized spacial score (nSPS) is 15.1. The fourth-order valence-corrected chi connectivity index (χ4v) is 6.98. The number of carbonyl (C=O) groups excluding carboxylic acids is 3. The van der Waals surface area contributed by atoms with Gasteiger partial charge >= 0.3 is 6.09 Å². The minimum atomic E-state index is -0.909. The van der Waals surface area contributed by atoms with Gasteiger partial charge in [0.2, 0.25) is 5.91 Å². The Hall–Kier alpha value is -2.67. The number of thiazole rings is 1. The van der Waals surface area contributed by atoms with Crippen LogP contribution >= 0.6 is 46.5 Å². The summed E-state index contributed by atoms with van der Waals surface area (Å²) in [6, 6.07) is 11.8. The zero-order valence-corrected chi connectivity index (χ0v) is 28.5. The van der Waals surface area contributed by atoms with Crippen molar-refractivity contribution in [2.45, 2.75) is 76.0 Å². The first-order chi connectivity index (χ1) is 20.7. The van der Waals surface area contributed by atoms with Gasteiger partial charge in [-0.2, -0.15) is 0 Å². The van der Waals surface area contributed by atoms with E-state index < -0.39 is 23.6 Å². The van der Waals surface area contributed by atoms with Gasteiger partial charge in [0.05, 0.1) is 27.5 Å². The topological polar surface area (TPSA) is 109 Å². The minimum Gasteiger partial charge on any atom is -0.443 e. The summed E-state index contributed by atoms with van der Waals surface area (Å²) in [7, 11) is 0. The van der Waals surface area contributed by atoms with E-state index in [-0.39, 0.29) is 11.9 Å². The number of nitrogens with two attached hydrogens (primary N) is 1. The maximum absolute atomic E-state index is 13.0. The summed E-state index contributed by atoms with van der Waals surface area (Å²) in [5.74, 6) is -0.606. The largest absolute Gasteiger partial charge is 0.443 e. The molecule has 0 unspecified atom stereocenters. The summed E-state index contributed by atoms with van der Waals surface area (Å²) in [6.07, 6.45) is 0.872. The van der Waals surface area contributed by atoms with Gasteiger partial charge in [0.1, 0.15) is 5.60 Å². The number of carbonyl (C=O) groups is 3. The third-order valence-electron chi connectivity index (χ3n) is 6.83. The summed E-state index contributed by atoms with van der Waals surface area (Å²) in [4.78, 5) is 46.7. The van der Waals surface area contributed by atoms with E-state index in [0.29, 0.717) is 27.0 Å². The zero-order valence-electron chi connectivity index (χ0n) is 25.4. The molecule has 2 heterocycles. The van der Waals surface area contributed by atoms with Crippen LogP contribution in [0.1, 0.15) is 53.0 Å². The maximum Gasteiger partial charge on any atom is 0.421 e. The molecule has 0 spiro atoms. The van der Waals surface area contributed by atoms with E-state index >= 15 is 0 Å². The van der Waals surface area contributed by atoms with Crippen LogP contribution in [0.4, 0.5) is 10.5 Å². The highest BCUT2D eigenvalue weighted by Gasteiger charge is 2.31. The van der Waals surface area contributed by atoms with Gasteiger partial charge in [-0.3, -0.25) is 18.8 Å². The Balaban J connectivity index is 1.45. The van der Waals surface area contributed by atoms with Gasteiger partial charge in [-0.05, 0) is 70.4 Å². The lowest BCUT2D eigenvalue weighted by Gasteiger charge is -2.37. The molecule has 236 valence electrons. The molecule has 13 heteroatoms. The Bertz CT molecular complexity index is 1500. The number of benzene rings is 2. The van der Waals surface area contributed by atoms with Gasteiger partial charge in [0, 0.05) is 55.5 Å². The molecule has 1 aromatic heterocycles. The van der Waals surface area contributed by atoms with E-state index in [1.54, 1.807) is 45.9 Å². The molecular weight excluding hydrogens is 641 g/mol. The summed E-state index contributed by atoms with van der Waals surface area (Å²) in [5.41, 5.74) is 7.87. The first kappa shape index (κ1) is 34.2. The highest BCUT2D eigenvalue weighted by atomic mass is 35.5. The van der Waals surface area contributed by atoms with Gasteiger partial charge in [-0.15, -0.1) is 11.3 Å². The van der Waals surface area contributed by atoms with Gasteiger partial charge in [-0.1, -0.05) is 41.4 Å². The molecule has 0 saturated carbocycles. The van der Waals surface area contributed by atoms with Crippen LogP contribution in [0.2, 0.25) is 10.0 Å². The Morgan fingerprint density at radius 1 is 1.14 bits per heavy atom. The second-order valence-corrected chi connectivity index (χ2v) is 14.6. The molecule has 1 atom stereocenters. The van der Waals surface area contributed by atoms with Crippen LogP contribution < -0.4 is 10.6 Å². The third kappa shape index (κ3) is 8.95. The fraction of sp³-hybridized carbons (Fsp3) is 0.419. The standard InChI is InChI=1S/C31H37Cl2N5O4S2/c1-19(34)28(40)37(30(41)42-31(3,4)5)24-8-6-7-22(16-24)27-18-43-29(35-27)44-38(20(2)39)23-11-13-36(14-12-23)17-21-9-10-25(32)26(33)15-21/h6-10,15-16,18-19,23H,11-14,17,34H2,1-5H3/t19-/m0/s1. The Labute approximate surface area is 276 Å². The van der Waals surface area contributed by atoms with Crippen molar-refractivity contribution in [3.63, 3.8) is 0 Å². The van der Waals surface area contributed by atoms with Crippen molar-refractivity contribution in [2.75, 3.05) is 18.0 Å². The van der Waals surface area contributed by atoms with Crippen LogP contribution in [0.3, 0.4) is 0 Å². The zero-order chi connectivity index (χ0) is 32.2. The minimum absolute atomic E-state index is 0.0286. The third-order valence-corrected chi connectivity index (χ3v) is 9.72. The smallest absolute Gasteiger partial charge is 0.421 e. The van der Waals surface area contributed by atoms with Crippen LogP contribution in [-0.4, -0.2) is 62.9 Å². The van der Waals surface area contributed by atoms with E-state index in [1.807, 2.05) is 34.0 Å². The molecule has 2 aromatic carbocycles. The number of anilines is 1. The lowest BCUT2D eigenvalue weighted by Crippen LogP contribution is -2.47. The van der Waals surface area contributed by atoms with E-state index in [9.17, 15) is 14.4 Å². The summed E-state index contributed by atoms with van der Waals surface area (Å²) >= 11 is 15.0. The first-order valence-electron chi connectivity index (χ1n) is 14.2. The summed E-state index contributed by atoms with van der Waals surface area (Å²) in [5, 5.41) is 2.98. The number of piperidine rings is 1. The molecule has 0 bridgehead atoms. The van der Waals surface area contributed by atoms with E-state index in [0.717, 1.165) is 47.3 Å². The number of nitrogens with zero attached hydrogens (tertiary/aromatic N) is 4. The van der Waals surface area contributed by atoms with Crippen molar-refractivity contribution in [3.8, 4) is 11.3 Å². The van der Waals surface area contributed by atoms with Gasteiger partial charge in [0.15, 0.2) is 4.34 Å². The average molecular weight is 679 g/mol. The van der Waals surface area contributed by atoms with Gasteiger partial charge < -0.3 is 10.5 Å². The highest BCUT2D eigenvalue weighted by Crippen LogP contribution is 2.35. The predicted octanol–water partition coefficient (Wildman–Crippen LogP) is 7.25. The van der Waals surface area contributed by atoms with E-state index in [2.05, 4.69) is 4.90 Å². The van der Waals surface area contributed by atoms with Crippen molar-refractivity contribution >= 4 is 70.1 Å². The highest BCUT2D eigenvalue weighted by molar-refractivity contribution is 7.99. The average Bonchev–Trinajstić information content (AvgIpc) is 3.42. The molecule has 3 amide bonds. The predicted molar refractivity (Wildman–Crippen MR) is 178 cm³/mol. The Morgan fingerprint density at radius 2 is 1.84 bits per heavy atom. The van der Waals surface area contributed by atoms with Crippen molar-refractivity contribution in [2.24, 2.45) is 5.73 Å². The molecule has 0 aliphatic carbocycles. The van der Waals surface area contributed by atoms with Crippen LogP contribution in [-0.2, 0) is 20.9 Å². The molecule has 2 N–H and O–H groups in total. The number of ether oxygens (including phenoxy) is 1. The van der Waals surface area contributed by atoms with Crippen LogP contribution in [0.25, 0.3) is 11.3 Å². The molecule has 44 heavy (non-hydrogen) atoms. The first-order valence-corrected chi connectivity index (χ1v) is 16.7. The molecular formula is C31H37Cl2N5O4S2. The van der Waals surface area contributed by atoms with Crippen molar-refractivity contribution in [3.05, 3.63) is 63.5 Å². The lowest BCUT2D eigenvalue weighted by atomic mass is 10.0. The molecule has 3 aromatic rings. The maximum atomic E-state index is 13.0. The lowest BCUT2D eigenvalue weighted by molar-refractivity contribution is -0.126. The molecule has 1 aliphatic heterocycles. The number of imide groups is 1. The summed E-state index contributed by atoms with van der Waals surface area (Å²) in [6.45, 7) is 10.8. The SMILES string of the molecule is CC(=O)N(Sc1nc(-c2cccc(N(C(=O)OC(C)(C)C)C(=O)[C@H](C)N)c2)cs1)C1CCN(Cc2ccc(Cl)c(Cl)c2)CC1. The number of hydrogen-bond acceptors (Lipinski definition) is 9. The monoisotopic (exact) mass is 677 g/mol. The van der Waals surface area contributed by atoms with Crippen LogP contribution in [0, 0.1) is 0 Å². The van der Waals surface area contributed by atoms with Gasteiger partial charge in [0.25, 0.3) is 5.91 Å². The second kappa shape index (κ2) is 14.6. The number of likely N-dealkylation sites (tertiary alicyclic amines) is 1. The van der Waals surface area contributed by atoms with Crippen molar-refractivity contribution in [1.82, 2.24) is 14.2 Å². The number of halogens is 2. The van der Waals surface area contributed by atoms with E-state index in [4.69, 9.17) is 38.7 Å². The molecule has 1 saturated heterocycles. The molecule has 1 fully saturated rings. The molecule has 0 radical (unpaired) electrons.